The Hall–Kier alpha value is -1.68. The van der Waals surface area contributed by atoms with Crippen molar-refractivity contribution >= 4 is 33.4 Å². The smallest absolute Gasteiger partial charge is 0.243 e. The molecule has 2 aliphatic heterocycles. The van der Waals surface area contributed by atoms with Crippen molar-refractivity contribution in [2.24, 2.45) is 0 Å². The van der Waals surface area contributed by atoms with E-state index in [1.807, 2.05) is 6.92 Å². The summed E-state index contributed by atoms with van der Waals surface area (Å²) in [4.78, 5) is 28.3. The van der Waals surface area contributed by atoms with Gasteiger partial charge in [-0.3, -0.25) is 9.59 Å². The number of carbonyl (C=O) groups is 2. The minimum Gasteiger partial charge on any atom is -0.375 e. The number of hydrogen-bond donors (Lipinski definition) is 0. The highest BCUT2D eigenvalue weighted by molar-refractivity contribution is 7.89. The van der Waals surface area contributed by atoms with E-state index in [-0.39, 0.29) is 48.7 Å². The zero-order valence-electron chi connectivity index (χ0n) is 16.4. The summed E-state index contributed by atoms with van der Waals surface area (Å²) in [5.74, 6) is -0.166. The van der Waals surface area contributed by atoms with Gasteiger partial charge in [0.25, 0.3) is 0 Å². The fourth-order valence-electron chi connectivity index (χ4n) is 3.51. The third-order valence-electron chi connectivity index (χ3n) is 5.19. The third kappa shape index (κ3) is 5.48. The van der Waals surface area contributed by atoms with Crippen molar-refractivity contribution in [1.82, 2.24) is 14.1 Å². The molecule has 2 aliphatic rings. The zero-order valence-corrected chi connectivity index (χ0v) is 18.0. The largest absolute Gasteiger partial charge is 0.375 e. The predicted octanol–water partition coefficient (Wildman–Crippen LogP) is 1.20. The van der Waals surface area contributed by atoms with Gasteiger partial charge in [0.2, 0.25) is 21.8 Å². The summed E-state index contributed by atoms with van der Waals surface area (Å²) in [5.41, 5.74) is 0. The van der Waals surface area contributed by atoms with Gasteiger partial charge < -0.3 is 14.5 Å². The summed E-state index contributed by atoms with van der Waals surface area (Å²) in [7, 11) is -3.61. The summed E-state index contributed by atoms with van der Waals surface area (Å²) in [5, 5.41) is 0.473. The van der Waals surface area contributed by atoms with Crippen molar-refractivity contribution in [1.29, 1.82) is 0 Å². The molecule has 2 fully saturated rings. The van der Waals surface area contributed by atoms with E-state index >= 15 is 0 Å². The van der Waals surface area contributed by atoms with Crippen molar-refractivity contribution in [3.05, 3.63) is 29.3 Å². The molecule has 160 valence electrons. The van der Waals surface area contributed by atoms with E-state index < -0.39 is 10.0 Å². The van der Waals surface area contributed by atoms with Crippen molar-refractivity contribution in [3.8, 4) is 0 Å². The van der Waals surface area contributed by atoms with Gasteiger partial charge in [0.1, 0.15) is 0 Å². The molecule has 8 nitrogen and oxygen atoms in total. The predicted molar refractivity (Wildman–Crippen MR) is 108 cm³/mol. The van der Waals surface area contributed by atoms with Crippen LogP contribution in [0.1, 0.15) is 19.8 Å². The van der Waals surface area contributed by atoms with Crippen LogP contribution >= 0.6 is 11.6 Å². The molecule has 0 aromatic heterocycles. The highest BCUT2D eigenvalue weighted by Gasteiger charge is 2.30. The highest BCUT2D eigenvalue weighted by Crippen LogP contribution is 2.20. The van der Waals surface area contributed by atoms with E-state index in [1.54, 1.807) is 21.9 Å². The van der Waals surface area contributed by atoms with Crippen LogP contribution < -0.4 is 0 Å². The fourth-order valence-corrected chi connectivity index (χ4v) is 5.06. The quantitative estimate of drug-likeness (QED) is 0.682. The minimum atomic E-state index is -3.61. The Morgan fingerprint density at radius 1 is 1.00 bits per heavy atom. The first-order chi connectivity index (χ1) is 13.8. The van der Waals surface area contributed by atoms with Gasteiger partial charge in [-0.25, -0.2) is 8.42 Å². The van der Waals surface area contributed by atoms with E-state index in [9.17, 15) is 18.0 Å². The number of nitrogens with zero attached hydrogens (tertiary/aromatic N) is 3. The highest BCUT2D eigenvalue weighted by atomic mass is 35.5. The second kappa shape index (κ2) is 9.42. The maximum atomic E-state index is 12.7. The van der Waals surface area contributed by atoms with Crippen LogP contribution in [0.5, 0.6) is 0 Å². The lowest BCUT2D eigenvalue weighted by molar-refractivity contribution is -0.141. The molecular formula is C19H26ClN3O5S. The van der Waals surface area contributed by atoms with Crippen LogP contribution in [0.15, 0.2) is 29.2 Å². The summed E-state index contributed by atoms with van der Waals surface area (Å²) < 4.78 is 32.2. The molecule has 0 saturated carbocycles. The molecule has 0 aliphatic carbocycles. The molecule has 29 heavy (non-hydrogen) atoms. The number of sulfonamides is 1. The molecule has 1 aromatic rings. The van der Waals surface area contributed by atoms with Crippen LogP contribution in [0, 0.1) is 0 Å². The zero-order chi connectivity index (χ0) is 21.0. The Balaban J connectivity index is 1.48. The molecule has 0 radical (unpaired) electrons. The molecule has 1 atom stereocenters. The topological polar surface area (TPSA) is 87.2 Å². The van der Waals surface area contributed by atoms with E-state index in [0.29, 0.717) is 37.8 Å². The van der Waals surface area contributed by atoms with Gasteiger partial charge in [-0.05, 0) is 31.2 Å². The van der Waals surface area contributed by atoms with Crippen LogP contribution in [0.4, 0.5) is 0 Å². The standard InChI is InChI=1S/C19H26ClN3O5S/c1-15-14-22(12-13-28-15)19(25)7-6-18(24)21-8-10-23(11-9-21)29(26,27)17-4-2-16(20)3-5-17/h2-5,15H,6-14H2,1H3. The molecular weight excluding hydrogens is 418 g/mol. The van der Waals surface area contributed by atoms with Crippen LogP contribution in [-0.2, 0) is 24.3 Å². The SMILES string of the molecule is CC1CN(C(=O)CCC(=O)N2CCN(S(=O)(=O)c3ccc(Cl)cc3)CC2)CCO1. The van der Waals surface area contributed by atoms with Crippen molar-refractivity contribution in [3.63, 3.8) is 0 Å². The van der Waals surface area contributed by atoms with E-state index in [1.165, 1.54) is 16.4 Å². The number of carbonyl (C=O) groups excluding carboxylic acids is 2. The first-order valence-corrected chi connectivity index (χ1v) is 11.5. The van der Waals surface area contributed by atoms with E-state index in [2.05, 4.69) is 0 Å². The summed E-state index contributed by atoms with van der Waals surface area (Å²) in [6, 6.07) is 6.04. The normalized spacial score (nSPS) is 21.2. The fraction of sp³-hybridized carbons (Fsp3) is 0.579. The molecule has 0 N–H and O–H groups in total. The molecule has 1 unspecified atom stereocenters. The van der Waals surface area contributed by atoms with Crippen molar-refractivity contribution in [2.75, 3.05) is 45.9 Å². The Morgan fingerprint density at radius 2 is 1.59 bits per heavy atom. The molecule has 0 bridgehead atoms. The molecule has 3 rings (SSSR count). The van der Waals surface area contributed by atoms with Gasteiger partial charge in [0.15, 0.2) is 0 Å². The van der Waals surface area contributed by atoms with Gasteiger partial charge in [0, 0.05) is 57.1 Å². The van der Waals surface area contributed by atoms with Gasteiger partial charge in [-0.1, -0.05) is 11.6 Å². The van der Waals surface area contributed by atoms with Gasteiger partial charge >= 0.3 is 0 Å². The number of ether oxygens (including phenoxy) is 1. The number of rotatable bonds is 5. The van der Waals surface area contributed by atoms with Crippen LogP contribution in [0.3, 0.4) is 0 Å². The number of hydrogen-bond acceptors (Lipinski definition) is 5. The maximum absolute atomic E-state index is 12.7. The van der Waals surface area contributed by atoms with Gasteiger partial charge in [0.05, 0.1) is 17.6 Å². The first-order valence-electron chi connectivity index (χ1n) is 9.70. The summed E-state index contributed by atoms with van der Waals surface area (Å²) in [6.45, 7) is 4.63. The summed E-state index contributed by atoms with van der Waals surface area (Å²) >= 11 is 5.82. The van der Waals surface area contributed by atoms with Crippen molar-refractivity contribution < 1.29 is 22.7 Å². The third-order valence-corrected chi connectivity index (χ3v) is 7.35. The molecule has 1 aromatic carbocycles. The Morgan fingerprint density at radius 3 is 2.17 bits per heavy atom. The second-order valence-electron chi connectivity index (χ2n) is 7.26. The molecule has 0 spiro atoms. The Bertz CT molecular complexity index is 838. The first kappa shape index (κ1) is 22.0. The number of piperazine rings is 1. The average molecular weight is 444 g/mol. The van der Waals surface area contributed by atoms with E-state index in [0.717, 1.165) is 0 Å². The Labute approximate surface area is 176 Å². The van der Waals surface area contributed by atoms with Crippen molar-refractivity contribution in [2.45, 2.75) is 30.8 Å². The second-order valence-corrected chi connectivity index (χ2v) is 9.63. The molecule has 2 amide bonds. The van der Waals surface area contributed by atoms with Crippen LogP contribution in [-0.4, -0.2) is 86.3 Å². The Kier molecular flexibility index (Phi) is 7.15. The van der Waals surface area contributed by atoms with Gasteiger partial charge in [-0.2, -0.15) is 4.31 Å². The maximum Gasteiger partial charge on any atom is 0.243 e. The van der Waals surface area contributed by atoms with Crippen LogP contribution in [0.25, 0.3) is 0 Å². The molecule has 2 heterocycles. The lowest BCUT2D eigenvalue weighted by atomic mass is 10.2. The lowest BCUT2D eigenvalue weighted by Gasteiger charge is -2.34. The van der Waals surface area contributed by atoms with Crippen LogP contribution in [0.2, 0.25) is 5.02 Å². The monoisotopic (exact) mass is 443 g/mol. The number of morpholine rings is 1. The molecule has 2 saturated heterocycles. The average Bonchev–Trinajstić information content (AvgIpc) is 2.72. The number of amides is 2. The molecule has 10 heteroatoms. The lowest BCUT2D eigenvalue weighted by Crippen LogP contribution is -2.50. The van der Waals surface area contributed by atoms with Gasteiger partial charge in [-0.15, -0.1) is 0 Å². The number of benzene rings is 1. The minimum absolute atomic E-state index is 0.0130. The summed E-state index contributed by atoms with van der Waals surface area (Å²) in [6.07, 6.45) is 0.308. The number of halogens is 1. The van der Waals surface area contributed by atoms with E-state index in [4.69, 9.17) is 16.3 Å².